The highest BCUT2D eigenvalue weighted by Crippen LogP contribution is 2.23. The first-order valence-electron chi connectivity index (χ1n) is 6.28. The normalized spacial score (nSPS) is 11.2. The van der Waals surface area contributed by atoms with Gasteiger partial charge in [0.15, 0.2) is 0 Å². The fraction of sp³-hybridized carbons (Fsp3) is 0.133. The Labute approximate surface area is 120 Å². The largest absolute Gasteiger partial charge is 0.325 e. The molecular formula is C15H13ClFN3. The molecule has 0 saturated carbocycles. The summed E-state index contributed by atoms with van der Waals surface area (Å²) in [5.74, 6) is -0.327. The third kappa shape index (κ3) is 2.17. The first-order chi connectivity index (χ1) is 9.70. The molecule has 5 heteroatoms. The van der Waals surface area contributed by atoms with Crippen LogP contribution >= 0.6 is 11.6 Å². The van der Waals surface area contributed by atoms with Crippen molar-refractivity contribution in [2.24, 2.45) is 5.73 Å². The summed E-state index contributed by atoms with van der Waals surface area (Å²) in [6.45, 7) is 0.630. The van der Waals surface area contributed by atoms with E-state index in [1.165, 1.54) is 6.07 Å². The second-order valence-corrected chi connectivity index (χ2v) is 4.93. The molecule has 20 heavy (non-hydrogen) atoms. The molecule has 0 radical (unpaired) electrons. The Balaban J connectivity index is 2.12. The predicted molar refractivity (Wildman–Crippen MR) is 78.1 cm³/mol. The molecule has 1 heterocycles. The highest BCUT2D eigenvalue weighted by Gasteiger charge is 2.12. The van der Waals surface area contributed by atoms with Gasteiger partial charge in [0.1, 0.15) is 5.82 Å². The van der Waals surface area contributed by atoms with E-state index >= 15 is 0 Å². The van der Waals surface area contributed by atoms with Crippen LogP contribution in [0.25, 0.3) is 10.9 Å². The van der Waals surface area contributed by atoms with E-state index in [0.29, 0.717) is 17.1 Å². The van der Waals surface area contributed by atoms with Crippen molar-refractivity contribution in [2.45, 2.75) is 13.1 Å². The number of halogens is 2. The van der Waals surface area contributed by atoms with Gasteiger partial charge in [0.2, 0.25) is 0 Å². The zero-order valence-corrected chi connectivity index (χ0v) is 11.4. The van der Waals surface area contributed by atoms with Crippen LogP contribution in [-0.2, 0) is 13.1 Å². The maximum absolute atomic E-state index is 13.9. The van der Waals surface area contributed by atoms with Crippen molar-refractivity contribution < 1.29 is 4.39 Å². The monoisotopic (exact) mass is 289 g/mol. The molecule has 0 atom stereocenters. The SMILES string of the molecule is NCc1nn(Cc2c(F)cccc2Cl)c2ccccc12. The lowest BCUT2D eigenvalue weighted by Crippen LogP contribution is -2.06. The highest BCUT2D eigenvalue weighted by molar-refractivity contribution is 6.31. The molecule has 0 fully saturated rings. The number of rotatable bonds is 3. The second-order valence-electron chi connectivity index (χ2n) is 4.53. The van der Waals surface area contributed by atoms with E-state index in [9.17, 15) is 4.39 Å². The molecule has 3 aromatic rings. The van der Waals surface area contributed by atoms with E-state index in [1.54, 1.807) is 16.8 Å². The molecule has 2 aromatic carbocycles. The van der Waals surface area contributed by atoms with Crippen LogP contribution in [0.15, 0.2) is 42.5 Å². The minimum Gasteiger partial charge on any atom is -0.325 e. The summed E-state index contributed by atoms with van der Waals surface area (Å²) >= 11 is 6.07. The molecule has 0 bridgehead atoms. The van der Waals surface area contributed by atoms with Gasteiger partial charge in [0, 0.05) is 22.5 Å². The maximum atomic E-state index is 13.9. The first kappa shape index (κ1) is 13.1. The van der Waals surface area contributed by atoms with Gasteiger partial charge in [-0.3, -0.25) is 4.68 Å². The number of aromatic nitrogens is 2. The minimum absolute atomic E-state index is 0.284. The van der Waals surface area contributed by atoms with Gasteiger partial charge in [0.25, 0.3) is 0 Å². The maximum Gasteiger partial charge on any atom is 0.129 e. The van der Waals surface area contributed by atoms with Gasteiger partial charge < -0.3 is 5.73 Å². The van der Waals surface area contributed by atoms with Crippen LogP contribution in [0.3, 0.4) is 0 Å². The summed E-state index contributed by atoms with van der Waals surface area (Å²) in [5.41, 5.74) is 7.87. The molecule has 3 rings (SSSR count). The molecule has 0 aliphatic rings. The van der Waals surface area contributed by atoms with Crippen molar-refractivity contribution in [2.75, 3.05) is 0 Å². The summed E-state index contributed by atoms with van der Waals surface area (Å²) in [6.07, 6.45) is 0. The van der Waals surface area contributed by atoms with Gasteiger partial charge in [-0.05, 0) is 18.2 Å². The standard InChI is InChI=1S/C15H13ClFN3/c16-12-5-3-6-13(17)11(12)9-20-15-7-2-1-4-10(15)14(8-18)19-20/h1-7H,8-9,18H2. The van der Waals surface area contributed by atoms with Gasteiger partial charge in [-0.25, -0.2) is 4.39 Å². The van der Waals surface area contributed by atoms with Gasteiger partial charge >= 0.3 is 0 Å². The molecule has 0 unspecified atom stereocenters. The number of para-hydroxylation sites is 1. The molecule has 0 aliphatic carbocycles. The Kier molecular flexibility index (Phi) is 3.42. The summed E-state index contributed by atoms with van der Waals surface area (Å²) in [4.78, 5) is 0. The molecular weight excluding hydrogens is 277 g/mol. The predicted octanol–water partition coefficient (Wildman–Crippen LogP) is 3.34. The van der Waals surface area contributed by atoms with Crippen molar-refractivity contribution in [3.8, 4) is 0 Å². The molecule has 2 N–H and O–H groups in total. The number of hydrogen-bond donors (Lipinski definition) is 1. The van der Waals surface area contributed by atoms with Gasteiger partial charge in [-0.2, -0.15) is 5.10 Å². The van der Waals surface area contributed by atoms with E-state index in [-0.39, 0.29) is 12.4 Å². The Morgan fingerprint density at radius 3 is 2.70 bits per heavy atom. The van der Waals surface area contributed by atoms with E-state index in [4.69, 9.17) is 17.3 Å². The molecule has 1 aromatic heterocycles. The van der Waals surface area contributed by atoms with E-state index in [0.717, 1.165) is 16.6 Å². The number of nitrogens with two attached hydrogens (primary N) is 1. The van der Waals surface area contributed by atoms with Crippen LogP contribution in [0.5, 0.6) is 0 Å². The van der Waals surface area contributed by atoms with Crippen molar-refractivity contribution in [3.63, 3.8) is 0 Å². The lowest BCUT2D eigenvalue weighted by atomic mass is 10.2. The van der Waals surface area contributed by atoms with E-state index in [1.807, 2.05) is 24.3 Å². The zero-order chi connectivity index (χ0) is 14.1. The third-order valence-corrected chi connectivity index (χ3v) is 3.65. The van der Waals surface area contributed by atoms with Crippen LogP contribution in [-0.4, -0.2) is 9.78 Å². The zero-order valence-electron chi connectivity index (χ0n) is 10.7. The lowest BCUT2D eigenvalue weighted by molar-refractivity contribution is 0.588. The number of benzene rings is 2. The summed E-state index contributed by atoms with van der Waals surface area (Å²) in [7, 11) is 0. The Bertz CT molecular complexity index is 747. The van der Waals surface area contributed by atoms with Crippen molar-refractivity contribution in [1.82, 2.24) is 9.78 Å². The summed E-state index contributed by atoms with van der Waals surface area (Å²) in [5, 5.41) is 5.84. The Morgan fingerprint density at radius 2 is 1.95 bits per heavy atom. The fourth-order valence-electron chi connectivity index (χ4n) is 2.30. The number of fused-ring (bicyclic) bond motifs is 1. The van der Waals surface area contributed by atoms with Gasteiger partial charge in [0.05, 0.1) is 17.8 Å². The average molecular weight is 290 g/mol. The van der Waals surface area contributed by atoms with Crippen LogP contribution in [0, 0.1) is 5.82 Å². The molecule has 0 saturated heterocycles. The van der Waals surface area contributed by atoms with Crippen LogP contribution in [0.2, 0.25) is 5.02 Å². The smallest absolute Gasteiger partial charge is 0.129 e. The number of nitrogens with zero attached hydrogens (tertiary/aromatic N) is 2. The van der Waals surface area contributed by atoms with E-state index < -0.39 is 0 Å². The van der Waals surface area contributed by atoms with Gasteiger partial charge in [-0.15, -0.1) is 0 Å². The summed E-state index contributed by atoms with van der Waals surface area (Å²) < 4.78 is 15.6. The Hall–Kier alpha value is -1.91. The first-order valence-corrected chi connectivity index (χ1v) is 6.66. The van der Waals surface area contributed by atoms with Crippen molar-refractivity contribution >= 4 is 22.5 Å². The lowest BCUT2D eigenvalue weighted by Gasteiger charge is -2.07. The molecule has 3 nitrogen and oxygen atoms in total. The van der Waals surface area contributed by atoms with Gasteiger partial charge in [-0.1, -0.05) is 35.9 Å². The number of hydrogen-bond acceptors (Lipinski definition) is 2. The molecule has 0 spiro atoms. The fourth-order valence-corrected chi connectivity index (χ4v) is 2.52. The molecule has 0 amide bonds. The van der Waals surface area contributed by atoms with Crippen molar-refractivity contribution in [1.29, 1.82) is 0 Å². The Morgan fingerprint density at radius 1 is 1.15 bits per heavy atom. The topological polar surface area (TPSA) is 43.8 Å². The average Bonchev–Trinajstić information content (AvgIpc) is 2.81. The third-order valence-electron chi connectivity index (χ3n) is 3.30. The van der Waals surface area contributed by atoms with E-state index in [2.05, 4.69) is 5.10 Å². The molecule has 102 valence electrons. The quantitative estimate of drug-likeness (QED) is 0.804. The molecule has 0 aliphatic heterocycles. The van der Waals surface area contributed by atoms with Crippen LogP contribution in [0.4, 0.5) is 4.39 Å². The van der Waals surface area contributed by atoms with Crippen LogP contribution < -0.4 is 5.73 Å². The van der Waals surface area contributed by atoms with Crippen molar-refractivity contribution in [3.05, 3.63) is 64.6 Å². The van der Waals surface area contributed by atoms with Crippen LogP contribution in [0.1, 0.15) is 11.3 Å². The summed E-state index contributed by atoms with van der Waals surface area (Å²) in [6, 6.07) is 12.4. The highest BCUT2D eigenvalue weighted by atomic mass is 35.5. The minimum atomic E-state index is -0.327. The second kappa shape index (κ2) is 5.23.